The third kappa shape index (κ3) is 2.90. The summed E-state index contributed by atoms with van der Waals surface area (Å²) in [7, 11) is 0. The van der Waals surface area contributed by atoms with Gasteiger partial charge in [-0.25, -0.2) is 4.98 Å². The van der Waals surface area contributed by atoms with E-state index in [0.29, 0.717) is 16.7 Å². The fourth-order valence-corrected chi connectivity index (χ4v) is 3.63. The lowest BCUT2D eigenvalue weighted by molar-refractivity contribution is 0.976. The SMILES string of the molecule is Cc1ccc(-c2nc3c(ccc4ncccc43)c(=O)n2-c2ccc(C)cc2)cc1. The molecule has 0 unspecified atom stereocenters. The molecule has 2 aromatic heterocycles. The van der Waals surface area contributed by atoms with Gasteiger partial charge in [-0.05, 0) is 50.2 Å². The Kier molecular flexibility index (Phi) is 3.98. The second kappa shape index (κ2) is 6.67. The highest BCUT2D eigenvalue weighted by Gasteiger charge is 2.16. The van der Waals surface area contributed by atoms with Crippen LogP contribution in [-0.4, -0.2) is 14.5 Å². The standard InChI is InChI=1S/C25H19N3O/c1-16-5-9-18(10-6-16)24-27-23-20-4-3-15-26-22(20)14-13-21(23)25(29)28(24)19-11-7-17(2)8-12-19/h3-15H,1-2H3. The lowest BCUT2D eigenvalue weighted by Gasteiger charge is -2.15. The number of pyridine rings is 1. The molecule has 0 atom stereocenters. The van der Waals surface area contributed by atoms with Gasteiger partial charge in [0.25, 0.3) is 5.56 Å². The highest BCUT2D eigenvalue weighted by atomic mass is 16.1. The summed E-state index contributed by atoms with van der Waals surface area (Å²) < 4.78 is 1.70. The molecule has 4 heteroatoms. The van der Waals surface area contributed by atoms with E-state index in [-0.39, 0.29) is 5.56 Å². The minimum Gasteiger partial charge on any atom is -0.268 e. The first-order valence-corrected chi connectivity index (χ1v) is 9.56. The summed E-state index contributed by atoms with van der Waals surface area (Å²) in [5, 5.41) is 1.47. The molecule has 0 saturated heterocycles. The zero-order valence-electron chi connectivity index (χ0n) is 16.3. The first kappa shape index (κ1) is 17.3. The van der Waals surface area contributed by atoms with Crippen molar-refractivity contribution < 1.29 is 0 Å². The molecule has 5 rings (SSSR count). The molecule has 0 bridgehead atoms. The smallest absolute Gasteiger partial charge is 0.266 e. The van der Waals surface area contributed by atoms with E-state index in [1.165, 1.54) is 0 Å². The lowest BCUT2D eigenvalue weighted by atomic mass is 10.1. The molecule has 0 fully saturated rings. The fraction of sp³-hybridized carbons (Fsp3) is 0.0800. The molecule has 0 N–H and O–H groups in total. The highest BCUT2D eigenvalue weighted by Crippen LogP contribution is 2.26. The third-order valence-corrected chi connectivity index (χ3v) is 5.22. The average molecular weight is 377 g/mol. The number of benzene rings is 3. The molecule has 5 aromatic rings. The van der Waals surface area contributed by atoms with E-state index < -0.39 is 0 Å². The van der Waals surface area contributed by atoms with Gasteiger partial charge in [-0.1, -0.05) is 47.5 Å². The van der Waals surface area contributed by atoms with E-state index >= 15 is 0 Å². The number of aryl methyl sites for hydroxylation is 2. The van der Waals surface area contributed by atoms with E-state index in [2.05, 4.69) is 4.98 Å². The fourth-order valence-electron chi connectivity index (χ4n) is 3.63. The van der Waals surface area contributed by atoms with Crippen LogP contribution < -0.4 is 5.56 Å². The lowest BCUT2D eigenvalue weighted by Crippen LogP contribution is -2.22. The van der Waals surface area contributed by atoms with Crippen molar-refractivity contribution in [3.8, 4) is 17.1 Å². The van der Waals surface area contributed by atoms with Gasteiger partial charge in [0.2, 0.25) is 0 Å². The number of nitrogens with zero attached hydrogens (tertiary/aromatic N) is 3. The van der Waals surface area contributed by atoms with E-state index in [0.717, 1.165) is 33.3 Å². The third-order valence-electron chi connectivity index (χ3n) is 5.22. The molecule has 29 heavy (non-hydrogen) atoms. The number of rotatable bonds is 2. The van der Waals surface area contributed by atoms with Crippen molar-refractivity contribution in [2.24, 2.45) is 0 Å². The molecular weight excluding hydrogens is 358 g/mol. The van der Waals surface area contributed by atoms with Crippen LogP contribution in [0.1, 0.15) is 11.1 Å². The van der Waals surface area contributed by atoms with Crippen LogP contribution in [-0.2, 0) is 0 Å². The topological polar surface area (TPSA) is 47.8 Å². The Morgan fingerprint density at radius 1 is 0.759 bits per heavy atom. The van der Waals surface area contributed by atoms with Gasteiger partial charge in [0, 0.05) is 17.1 Å². The van der Waals surface area contributed by atoms with Crippen molar-refractivity contribution in [1.29, 1.82) is 0 Å². The van der Waals surface area contributed by atoms with Crippen LogP contribution in [0.15, 0.2) is 83.8 Å². The molecule has 4 nitrogen and oxygen atoms in total. The second-order valence-corrected chi connectivity index (χ2v) is 7.31. The van der Waals surface area contributed by atoms with Crippen molar-refractivity contribution in [3.05, 3.63) is 100 Å². The molecule has 3 aromatic carbocycles. The van der Waals surface area contributed by atoms with Crippen molar-refractivity contribution in [2.75, 3.05) is 0 Å². The number of fused-ring (bicyclic) bond motifs is 3. The van der Waals surface area contributed by atoms with Crippen molar-refractivity contribution >= 4 is 21.8 Å². The van der Waals surface area contributed by atoms with Gasteiger partial charge in [0.1, 0.15) is 5.82 Å². The van der Waals surface area contributed by atoms with Crippen LogP contribution in [0, 0.1) is 13.8 Å². The predicted octanol–water partition coefficient (Wildman–Crippen LogP) is 5.22. The molecule has 0 saturated carbocycles. The number of aromatic nitrogens is 3. The average Bonchev–Trinajstić information content (AvgIpc) is 2.75. The van der Waals surface area contributed by atoms with Crippen LogP contribution in [0.25, 0.3) is 38.9 Å². The molecular formula is C25H19N3O. The van der Waals surface area contributed by atoms with Crippen molar-refractivity contribution in [2.45, 2.75) is 13.8 Å². The van der Waals surface area contributed by atoms with Crippen LogP contribution >= 0.6 is 0 Å². The predicted molar refractivity (Wildman–Crippen MR) is 118 cm³/mol. The van der Waals surface area contributed by atoms with Gasteiger partial charge in [0.15, 0.2) is 0 Å². The van der Waals surface area contributed by atoms with Gasteiger partial charge in [0.05, 0.1) is 22.1 Å². The Hall–Kier alpha value is -3.79. The molecule has 0 amide bonds. The maximum atomic E-state index is 13.6. The molecule has 140 valence electrons. The minimum atomic E-state index is -0.0832. The normalized spacial score (nSPS) is 11.2. The van der Waals surface area contributed by atoms with Crippen LogP contribution in [0.2, 0.25) is 0 Å². The van der Waals surface area contributed by atoms with E-state index in [4.69, 9.17) is 4.98 Å². The highest BCUT2D eigenvalue weighted by molar-refractivity contribution is 6.03. The molecule has 2 heterocycles. The zero-order chi connectivity index (χ0) is 20.0. The maximum absolute atomic E-state index is 13.6. The Balaban J connectivity index is 1.93. The number of hydrogen-bond acceptors (Lipinski definition) is 3. The van der Waals surface area contributed by atoms with Crippen LogP contribution in [0.4, 0.5) is 0 Å². The summed E-state index contributed by atoms with van der Waals surface area (Å²) in [6, 6.07) is 23.6. The number of hydrogen-bond donors (Lipinski definition) is 0. The maximum Gasteiger partial charge on any atom is 0.266 e. The van der Waals surface area contributed by atoms with E-state index in [9.17, 15) is 4.79 Å². The van der Waals surface area contributed by atoms with Gasteiger partial charge < -0.3 is 0 Å². The van der Waals surface area contributed by atoms with Crippen LogP contribution in [0.5, 0.6) is 0 Å². The Morgan fingerprint density at radius 2 is 1.45 bits per heavy atom. The monoisotopic (exact) mass is 377 g/mol. The second-order valence-electron chi connectivity index (χ2n) is 7.31. The first-order valence-electron chi connectivity index (χ1n) is 9.56. The summed E-state index contributed by atoms with van der Waals surface area (Å²) in [5.74, 6) is 0.628. The Morgan fingerprint density at radius 3 is 2.17 bits per heavy atom. The molecule has 0 aliphatic rings. The Labute approximate surface area is 168 Å². The quantitative estimate of drug-likeness (QED) is 0.396. The Bertz CT molecular complexity index is 1420. The summed E-state index contributed by atoms with van der Waals surface area (Å²) in [5.41, 5.74) is 5.43. The van der Waals surface area contributed by atoms with Gasteiger partial charge in [-0.2, -0.15) is 0 Å². The van der Waals surface area contributed by atoms with Crippen LogP contribution in [0.3, 0.4) is 0 Å². The van der Waals surface area contributed by atoms with Gasteiger partial charge in [-0.15, -0.1) is 0 Å². The van der Waals surface area contributed by atoms with E-state index in [1.807, 2.05) is 86.6 Å². The van der Waals surface area contributed by atoms with E-state index in [1.54, 1.807) is 10.8 Å². The summed E-state index contributed by atoms with van der Waals surface area (Å²) in [6.07, 6.45) is 1.75. The zero-order valence-corrected chi connectivity index (χ0v) is 16.3. The van der Waals surface area contributed by atoms with Gasteiger partial charge >= 0.3 is 0 Å². The summed E-state index contributed by atoms with van der Waals surface area (Å²) >= 11 is 0. The van der Waals surface area contributed by atoms with Crippen molar-refractivity contribution in [1.82, 2.24) is 14.5 Å². The minimum absolute atomic E-state index is 0.0832. The first-order chi connectivity index (χ1) is 14.1. The molecule has 0 aliphatic heterocycles. The molecule has 0 radical (unpaired) electrons. The molecule has 0 spiro atoms. The summed E-state index contributed by atoms with van der Waals surface area (Å²) in [6.45, 7) is 4.08. The summed E-state index contributed by atoms with van der Waals surface area (Å²) in [4.78, 5) is 23.0. The molecule has 0 aliphatic carbocycles. The van der Waals surface area contributed by atoms with Crippen molar-refractivity contribution in [3.63, 3.8) is 0 Å². The largest absolute Gasteiger partial charge is 0.268 e. The van der Waals surface area contributed by atoms with Gasteiger partial charge in [-0.3, -0.25) is 14.3 Å².